The fourth-order valence-corrected chi connectivity index (χ4v) is 3.72. The van der Waals surface area contributed by atoms with E-state index in [1.165, 1.54) is 0 Å². The summed E-state index contributed by atoms with van der Waals surface area (Å²) in [6.45, 7) is 4.87. The first-order chi connectivity index (χ1) is 14.3. The molecule has 3 aromatic rings. The molecule has 0 fully saturated rings. The maximum absolute atomic E-state index is 6.35. The lowest BCUT2D eigenvalue weighted by Gasteiger charge is -2.21. The Bertz CT molecular complexity index is 983. The molecule has 0 bridgehead atoms. The maximum atomic E-state index is 6.35. The lowest BCUT2D eigenvalue weighted by atomic mass is 10.1. The van der Waals surface area contributed by atoms with Gasteiger partial charge in [0, 0.05) is 17.0 Å². The first kappa shape index (κ1) is 19.5. The van der Waals surface area contributed by atoms with Gasteiger partial charge in [-0.2, -0.15) is 4.98 Å². The van der Waals surface area contributed by atoms with Crippen LogP contribution in [0, 0.1) is 0 Å². The highest BCUT2D eigenvalue weighted by Gasteiger charge is 2.27. The number of rotatable bonds is 7. The Morgan fingerprint density at radius 1 is 1.03 bits per heavy atom. The molecule has 6 nitrogen and oxygen atoms in total. The first-order valence-corrected chi connectivity index (χ1v) is 10.9. The van der Waals surface area contributed by atoms with E-state index in [-0.39, 0.29) is 0 Å². The van der Waals surface area contributed by atoms with Crippen molar-refractivity contribution in [3.63, 3.8) is 0 Å². The summed E-state index contributed by atoms with van der Waals surface area (Å²) in [4.78, 5) is 4.66. The van der Waals surface area contributed by atoms with Crippen LogP contribution >= 0.6 is 11.8 Å². The van der Waals surface area contributed by atoms with Gasteiger partial charge in [0.1, 0.15) is 5.75 Å². The number of hydrogen-bond acceptors (Lipinski definition) is 7. The summed E-state index contributed by atoms with van der Waals surface area (Å²) in [5, 5.41) is 12.8. The lowest BCUT2D eigenvalue weighted by Crippen LogP contribution is -2.18. The number of para-hydroxylation sites is 2. The molecule has 2 heterocycles. The largest absolute Gasteiger partial charge is 0.493 e. The summed E-state index contributed by atoms with van der Waals surface area (Å²) < 4.78 is 12.3. The molecule has 0 saturated carbocycles. The van der Waals surface area contributed by atoms with E-state index < -0.39 is 6.23 Å². The minimum atomic E-state index is -0.453. The average Bonchev–Trinajstić information content (AvgIpc) is 2.92. The molecule has 7 heteroatoms. The van der Waals surface area contributed by atoms with Crippen molar-refractivity contribution < 1.29 is 9.47 Å². The fourth-order valence-electron chi connectivity index (χ4n) is 3.08. The zero-order valence-electron chi connectivity index (χ0n) is 16.6. The number of anilines is 1. The molecule has 0 saturated heterocycles. The second-order valence-electron chi connectivity index (χ2n) is 6.67. The van der Waals surface area contributed by atoms with Gasteiger partial charge in [0.05, 0.1) is 12.2 Å². The summed E-state index contributed by atoms with van der Waals surface area (Å²) in [6.07, 6.45) is 1.53. The third-order valence-electron chi connectivity index (χ3n) is 4.43. The fraction of sp³-hybridized carbons (Fsp3) is 0.318. The van der Waals surface area contributed by atoms with Gasteiger partial charge >= 0.3 is 0 Å². The lowest BCUT2D eigenvalue weighted by molar-refractivity contribution is 0.215. The standard InChI is InChI=1S/C22H24N4O2S/c1-3-13-27-18-12-8-6-10-16(18)20-23-17-11-7-5-9-15(17)19-21(28-20)24-22(26-25-19)29-14-4-2/h5-12,20,23H,3-4,13-14H2,1-2H3. The van der Waals surface area contributed by atoms with E-state index in [0.29, 0.717) is 23.3 Å². The molecular weight excluding hydrogens is 384 g/mol. The molecule has 0 amide bonds. The third-order valence-corrected chi connectivity index (χ3v) is 5.48. The molecule has 0 radical (unpaired) electrons. The van der Waals surface area contributed by atoms with Crippen molar-refractivity contribution >= 4 is 17.4 Å². The molecule has 1 aliphatic rings. The number of hydrogen-bond donors (Lipinski definition) is 1. The molecule has 1 atom stereocenters. The summed E-state index contributed by atoms with van der Waals surface area (Å²) in [5.74, 6) is 2.22. The Labute approximate surface area is 175 Å². The van der Waals surface area contributed by atoms with Crippen molar-refractivity contribution in [2.75, 3.05) is 17.7 Å². The van der Waals surface area contributed by atoms with E-state index in [0.717, 1.165) is 41.2 Å². The summed E-state index contributed by atoms with van der Waals surface area (Å²) >= 11 is 1.58. The number of nitrogens with zero attached hydrogens (tertiary/aromatic N) is 3. The van der Waals surface area contributed by atoms with Crippen molar-refractivity contribution in [3.05, 3.63) is 54.1 Å². The van der Waals surface area contributed by atoms with Crippen molar-refractivity contribution in [1.29, 1.82) is 0 Å². The van der Waals surface area contributed by atoms with Gasteiger partial charge < -0.3 is 14.8 Å². The topological polar surface area (TPSA) is 69.2 Å². The highest BCUT2D eigenvalue weighted by Crippen LogP contribution is 2.41. The highest BCUT2D eigenvalue weighted by atomic mass is 32.2. The van der Waals surface area contributed by atoms with Crippen LogP contribution in [0.25, 0.3) is 11.3 Å². The molecule has 1 aliphatic heterocycles. The van der Waals surface area contributed by atoms with Gasteiger partial charge in [0.25, 0.3) is 0 Å². The van der Waals surface area contributed by atoms with Crippen LogP contribution in [0.4, 0.5) is 5.69 Å². The Balaban J connectivity index is 1.76. The zero-order valence-corrected chi connectivity index (χ0v) is 17.4. The van der Waals surface area contributed by atoms with Gasteiger partial charge in [-0.25, -0.2) is 0 Å². The Kier molecular flexibility index (Phi) is 6.14. The van der Waals surface area contributed by atoms with Crippen LogP contribution in [-0.2, 0) is 0 Å². The van der Waals surface area contributed by atoms with Gasteiger partial charge in [0.15, 0.2) is 5.69 Å². The maximum Gasteiger partial charge on any atom is 0.247 e. The van der Waals surface area contributed by atoms with Crippen LogP contribution in [0.5, 0.6) is 11.6 Å². The smallest absolute Gasteiger partial charge is 0.247 e. The molecule has 1 aromatic heterocycles. The van der Waals surface area contributed by atoms with E-state index >= 15 is 0 Å². The number of ether oxygens (including phenoxy) is 2. The van der Waals surface area contributed by atoms with E-state index in [1.807, 2.05) is 48.5 Å². The SMILES string of the molecule is CCCOc1ccccc1C1Nc2ccccc2-c2nnc(SCCC)nc2O1. The number of benzene rings is 2. The number of nitrogens with one attached hydrogen (secondary N) is 1. The molecule has 150 valence electrons. The van der Waals surface area contributed by atoms with E-state index in [4.69, 9.17) is 9.47 Å². The predicted octanol–water partition coefficient (Wildman–Crippen LogP) is 5.33. The van der Waals surface area contributed by atoms with Gasteiger partial charge in [-0.1, -0.05) is 55.9 Å². The molecule has 2 aromatic carbocycles. The summed E-state index contributed by atoms with van der Waals surface area (Å²) in [6, 6.07) is 15.9. The Morgan fingerprint density at radius 2 is 1.86 bits per heavy atom. The number of fused-ring (bicyclic) bond motifs is 3. The minimum Gasteiger partial charge on any atom is -0.493 e. The van der Waals surface area contributed by atoms with Gasteiger partial charge in [-0.3, -0.25) is 0 Å². The molecule has 29 heavy (non-hydrogen) atoms. The van der Waals surface area contributed by atoms with Crippen LogP contribution in [0.2, 0.25) is 0 Å². The van der Waals surface area contributed by atoms with Gasteiger partial charge in [-0.05, 0) is 31.0 Å². The quantitative estimate of drug-likeness (QED) is 0.530. The van der Waals surface area contributed by atoms with Crippen LogP contribution in [0.1, 0.15) is 38.5 Å². The molecule has 1 N–H and O–H groups in total. The molecule has 4 rings (SSSR count). The first-order valence-electron chi connectivity index (χ1n) is 9.92. The second kappa shape index (κ2) is 9.13. The van der Waals surface area contributed by atoms with Crippen LogP contribution < -0.4 is 14.8 Å². The van der Waals surface area contributed by atoms with E-state index in [2.05, 4.69) is 34.3 Å². The molecule has 1 unspecified atom stereocenters. The van der Waals surface area contributed by atoms with Gasteiger partial charge in [-0.15, -0.1) is 10.2 Å². The van der Waals surface area contributed by atoms with Crippen LogP contribution in [0.3, 0.4) is 0 Å². The van der Waals surface area contributed by atoms with E-state index in [1.54, 1.807) is 11.8 Å². The highest BCUT2D eigenvalue weighted by molar-refractivity contribution is 7.99. The van der Waals surface area contributed by atoms with Crippen molar-refractivity contribution in [3.8, 4) is 22.9 Å². The Morgan fingerprint density at radius 3 is 2.72 bits per heavy atom. The number of thioether (sulfide) groups is 1. The average molecular weight is 409 g/mol. The van der Waals surface area contributed by atoms with Crippen molar-refractivity contribution in [2.24, 2.45) is 0 Å². The summed E-state index contributed by atoms with van der Waals surface area (Å²) in [7, 11) is 0. The van der Waals surface area contributed by atoms with E-state index in [9.17, 15) is 0 Å². The summed E-state index contributed by atoms with van der Waals surface area (Å²) in [5.41, 5.74) is 3.41. The van der Waals surface area contributed by atoms with Crippen molar-refractivity contribution in [1.82, 2.24) is 15.2 Å². The van der Waals surface area contributed by atoms with Crippen LogP contribution in [0.15, 0.2) is 53.7 Å². The number of aromatic nitrogens is 3. The molecule has 0 aliphatic carbocycles. The normalized spacial score (nSPS) is 14.8. The Hall–Kier alpha value is -2.80. The zero-order chi connectivity index (χ0) is 20.1. The predicted molar refractivity (Wildman–Crippen MR) is 115 cm³/mol. The molecular formula is C22H24N4O2S. The van der Waals surface area contributed by atoms with Crippen LogP contribution in [-0.4, -0.2) is 27.5 Å². The van der Waals surface area contributed by atoms with Gasteiger partial charge in [0.2, 0.25) is 17.3 Å². The monoisotopic (exact) mass is 408 g/mol. The third kappa shape index (κ3) is 4.29. The minimum absolute atomic E-state index is 0.453. The van der Waals surface area contributed by atoms with Crippen molar-refractivity contribution in [2.45, 2.75) is 38.1 Å². The molecule has 0 spiro atoms. The second-order valence-corrected chi connectivity index (χ2v) is 7.73.